The molecule has 0 N–H and O–H groups in total. The molecule has 0 spiro atoms. The van der Waals surface area contributed by atoms with Gasteiger partial charge in [0.1, 0.15) is 10.3 Å². The number of hydrogen-bond acceptors (Lipinski definition) is 2. The molecule has 1 aromatic carbocycles. The van der Waals surface area contributed by atoms with Crippen LogP contribution in [0, 0.1) is 0 Å². The Labute approximate surface area is 126 Å². The topological polar surface area (TPSA) is 33.2 Å². The molecule has 0 bridgehead atoms. The van der Waals surface area contributed by atoms with E-state index in [9.17, 15) is 4.79 Å². The quantitative estimate of drug-likeness (QED) is 0.790. The predicted molar refractivity (Wildman–Crippen MR) is 81.6 cm³/mol. The van der Waals surface area contributed by atoms with Gasteiger partial charge in [-0.25, -0.2) is 4.98 Å². The summed E-state index contributed by atoms with van der Waals surface area (Å²) in [4.78, 5) is 18.6. The minimum absolute atomic E-state index is 0.0183. The van der Waals surface area contributed by atoms with Gasteiger partial charge in [-0.15, -0.1) is 0 Å². The van der Waals surface area contributed by atoms with E-state index >= 15 is 0 Å². The van der Waals surface area contributed by atoms with Crippen molar-refractivity contribution < 1.29 is 4.79 Å². The Bertz CT molecular complexity index is 615. The largest absolute Gasteiger partial charge is 0.337 e. The molecule has 102 valence electrons. The van der Waals surface area contributed by atoms with Crippen molar-refractivity contribution in [3.63, 3.8) is 0 Å². The monoisotopic (exact) mass is 330 g/mol. The number of aromatic nitrogens is 1. The van der Waals surface area contributed by atoms with Gasteiger partial charge in [0.05, 0.1) is 0 Å². The van der Waals surface area contributed by atoms with Crippen LogP contribution in [0.1, 0.15) is 28.4 Å². The van der Waals surface area contributed by atoms with Crippen molar-refractivity contribution in [1.82, 2.24) is 9.88 Å². The van der Waals surface area contributed by atoms with Crippen LogP contribution >= 0.6 is 15.9 Å². The lowest BCUT2D eigenvalue weighted by Crippen LogP contribution is -2.29. The average Bonchev–Trinajstić information content (AvgIpc) is 2.97. The Morgan fingerprint density at radius 3 is 2.70 bits per heavy atom. The van der Waals surface area contributed by atoms with Gasteiger partial charge in [-0.1, -0.05) is 36.4 Å². The Morgan fingerprint density at radius 2 is 1.95 bits per heavy atom. The Hall–Kier alpha value is -1.68. The summed E-state index contributed by atoms with van der Waals surface area (Å²) >= 11 is 3.31. The van der Waals surface area contributed by atoms with Crippen LogP contribution in [-0.4, -0.2) is 28.9 Å². The zero-order valence-electron chi connectivity index (χ0n) is 11.0. The van der Waals surface area contributed by atoms with E-state index < -0.39 is 0 Å². The molecule has 0 radical (unpaired) electrons. The minimum atomic E-state index is 0.0183. The maximum absolute atomic E-state index is 12.4. The molecule has 0 saturated carbocycles. The number of halogens is 1. The third-order valence-electron chi connectivity index (χ3n) is 3.68. The lowest BCUT2D eigenvalue weighted by atomic mass is 9.99. The number of pyridine rings is 1. The summed E-state index contributed by atoms with van der Waals surface area (Å²) in [6.45, 7) is 1.57. The lowest BCUT2D eigenvalue weighted by molar-refractivity contribution is 0.0785. The number of likely N-dealkylation sites (tertiary alicyclic amines) is 1. The number of amides is 1. The fourth-order valence-electron chi connectivity index (χ4n) is 2.63. The van der Waals surface area contributed by atoms with E-state index in [1.165, 1.54) is 5.56 Å². The van der Waals surface area contributed by atoms with Gasteiger partial charge in [0.2, 0.25) is 0 Å². The number of rotatable bonds is 2. The summed E-state index contributed by atoms with van der Waals surface area (Å²) < 4.78 is 0.696. The summed E-state index contributed by atoms with van der Waals surface area (Å²) in [5.74, 6) is 0.456. The second-order valence-electron chi connectivity index (χ2n) is 4.99. The van der Waals surface area contributed by atoms with E-state index in [4.69, 9.17) is 0 Å². The van der Waals surface area contributed by atoms with E-state index in [1.807, 2.05) is 23.1 Å². The minimum Gasteiger partial charge on any atom is -0.337 e. The molecule has 4 heteroatoms. The summed E-state index contributed by atoms with van der Waals surface area (Å²) in [6.07, 6.45) is 1.02. The highest BCUT2D eigenvalue weighted by Gasteiger charge is 2.28. The van der Waals surface area contributed by atoms with Crippen LogP contribution in [0.4, 0.5) is 0 Å². The first-order valence-electron chi connectivity index (χ1n) is 6.71. The highest BCUT2D eigenvalue weighted by Crippen LogP contribution is 2.27. The Balaban J connectivity index is 1.73. The zero-order valence-corrected chi connectivity index (χ0v) is 12.6. The third-order valence-corrected chi connectivity index (χ3v) is 4.12. The first-order chi connectivity index (χ1) is 9.74. The molecule has 1 aliphatic rings. The summed E-state index contributed by atoms with van der Waals surface area (Å²) in [7, 11) is 0. The third kappa shape index (κ3) is 2.75. The lowest BCUT2D eigenvalue weighted by Gasteiger charge is -2.16. The zero-order chi connectivity index (χ0) is 13.9. The Kier molecular flexibility index (Phi) is 3.83. The molecule has 1 saturated heterocycles. The maximum atomic E-state index is 12.4. The van der Waals surface area contributed by atoms with Gasteiger partial charge in [0.25, 0.3) is 5.91 Å². The number of nitrogens with zero attached hydrogens (tertiary/aromatic N) is 2. The molecule has 2 heterocycles. The smallest absolute Gasteiger partial charge is 0.272 e. The van der Waals surface area contributed by atoms with Gasteiger partial charge in [0.15, 0.2) is 0 Å². The molecule has 1 fully saturated rings. The highest BCUT2D eigenvalue weighted by molar-refractivity contribution is 9.10. The van der Waals surface area contributed by atoms with Gasteiger partial charge in [0, 0.05) is 19.0 Å². The van der Waals surface area contributed by atoms with E-state index in [1.54, 1.807) is 6.07 Å². The van der Waals surface area contributed by atoms with Crippen molar-refractivity contribution >= 4 is 21.8 Å². The van der Waals surface area contributed by atoms with Gasteiger partial charge >= 0.3 is 0 Å². The van der Waals surface area contributed by atoms with Gasteiger partial charge in [-0.2, -0.15) is 0 Å². The highest BCUT2D eigenvalue weighted by atomic mass is 79.9. The van der Waals surface area contributed by atoms with Gasteiger partial charge < -0.3 is 4.90 Å². The summed E-state index contributed by atoms with van der Waals surface area (Å²) in [6, 6.07) is 15.8. The van der Waals surface area contributed by atoms with Crippen LogP contribution < -0.4 is 0 Å². The molecular formula is C16H15BrN2O. The van der Waals surface area contributed by atoms with E-state index in [0.29, 0.717) is 16.2 Å². The first kappa shape index (κ1) is 13.3. The van der Waals surface area contributed by atoms with Crippen LogP contribution in [0.3, 0.4) is 0 Å². The molecule has 0 aliphatic carbocycles. The van der Waals surface area contributed by atoms with Crippen molar-refractivity contribution in [1.29, 1.82) is 0 Å². The predicted octanol–water partition coefficient (Wildman–Crippen LogP) is 3.47. The van der Waals surface area contributed by atoms with Crippen molar-refractivity contribution in [2.75, 3.05) is 13.1 Å². The Morgan fingerprint density at radius 1 is 1.15 bits per heavy atom. The standard InChI is InChI=1S/C16H15BrN2O/c17-15-8-4-7-14(18-15)16(20)19-10-9-13(11-19)12-5-2-1-3-6-12/h1-8,13H,9-11H2. The van der Waals surface area contributed by atoms with Crippen molar-refractivity contribution in [2.45, 2.75) is 12.3 Å². The SMILES string of the molecule is O=C(c1cccc(Br)n1)N1CCC(c2ccccc2)C1. The van der Waals surface area contributed by atoms with E-state index in [0.717, 1.165) is 19.5 Å². The van der Waals surface area contributed by atoms with Crippen LogP contribution in [-0.2, 0) is 0 Å². The fraction of sp³-hybridized carbons (Fsp3) is 0.250. The summed E-state index contributed by atoms with van der Waals surface area (Å²) in [5, 5.41) is 0. The maximum Gasteiger partial charge on any atom is 0.272 e. The molecule has 1 unspecified atom stereocenters. The molecule has 1 aliphatic heterocycles. The van der Waals surface area contributed by atoms with Gasteiger partial charge in [-0.3, -0.25) is 4.79 Å². The molecule has 3 nitrogen and oxygen atoms in total. The van der Waals surface area contributed by atoms with Crippen molar-refractivity contribution in [3.8, 4) is 0 Å². The van der Waals surface area contributed by atoms with Crippen LogP contribution in [0.2, 0.25) is 0 Å². The van der Waals surface area contributed by atoms with Gasteiger partial charge in [-0.05, 0) is 40.0 Å². The number of hydrogen-bond donors (Lipinski definition) is 0. The number of benzene rings is 1. The van der Waals surface area contributed by atoms with Crippen LogP contribution in [0.5, 0.6) is 0 Å². The summed E-state index contributed by atoms with van der Waals surface area (Å²) in [5.41, 5.74) is 1.82. The van der Waals surface area contributed by atoms with Crippen LogP contribution in [0.15, 0.2) is 53.1 Å². The first-order valence-corrected chi connectivity index (χ1v) is 7.50. The molecule has 3 rings (SSSR count). The molecule has 1 amide bonds. The molecule has 2 aromatic rings. The number of carbonyl (C=O) groups excluding carboxylic acids is 1. The molecule has 1 aromatic heterocycles. The molecule has 20 heavy (non-hydrogen) atoms. The molecule has 1 atom stereocenters. The molecular weight excluding hydrogens is 316 g/mol. The fourth-order valence-corrected chi connectivity index (χ4v) is 2.98. The second-order valence-corrected chi connectivity index (χ2v) is 5.81. The van der Waals surface area contributed by atoms with E-state index in [-0.39, 0.29) is 5.91 Å². The normalized spacial score (nSPS) is 18.2. The average molecular weight is 331 g/mol. The van der Waals surface area contributed by atoms with Crippen molar-refractivity contribution in [3.05, 3.63) is 64.4 Å². The van der Waals surface area contributed by atoms with Crippen LogP contribution in [0.25, 0.3) is 0 Å². The van der Waals surface area contributed by atoms with Crippen molar-refractivity contribution in [2.24, 2.45) is 0 Å². The van der Waals surface area contributed by atoms with E-state index in [2.05, 4.69) is 45.2 Å². The number of carbonyl (C=O) groups is 1. The second kappa shape index (κ2) is 5.75.